The minimum Gasteiger partial charge on any atom is -0.497 e. The molecule has 0 unspecified atom stereocenters. The largest absolute Gasteiger partial charge is 0.497 e. The number of nitrogens with zero attached hydrogens (tertiary/aromatic N) is 1. The van der Waals surface area contributed by atoms with E-state index in [2.05, 4.69) is 23.2 Å². The first-order valence-electron chi connectivity index (χ1n) is 7.34. The van der Waals surface area contributed by atoms with E-state index >= 15 is 0 Å². The fraction of sp³-hybridized carbons (Fsp3) is 0.158. The van der Waals surface area contributed by atoms with Crippen molar-refractivity contribution in [2.24, 2.45) is 0 Å². The van der Waals surface area contributed by atoms with Gasteiger partial charge in [-0.25, -0.2) is 4.98 Å². The van der Waals surface area contributed by atoms with Crippen LogP contribution in [-0.2, 0) is 4.79 Å². The van der Waals surface area contributed by atoms with Crippen molar-refractivity contribution in [2.45, 2.75) is 11.9 Å². The lowest BCUT2D eigenvalue weighted by Gasteiger charge is -2.10. The minimum atomic E-state index is 0.142. The highest BCUT2D eigenvalue weighted by atomic mass is 32.2. The van der Waals surface area contributed by atoms with Gasteiger partial charge in [-0.3, -0.25) is 4.79 Å². The van der Waals surface area contributed by atoms with Gasteiger partial charge in [0.15, 0.2) is 0 Å². The van der Waals surface area contributed by atoms with Gasteiger partial charge in [-0.05, 0) is 36.2 Å². The van der Waals surface area contributed by atoms with E-state index in [4.69, 9.17) is 4.74 Å². The normalized spacial score (nSPS) is 10.7. The van der Waals surface area contributed by atoms with E-state index in [0.717, 1.165) is 32.8 Å². The Morgan fingerprint density at radius 3 is 2.61 bits per heavy atom. The molecule has 0 bridgehead atoms. The van der Waals surface area contributed by atoms with Crippen LogP contribution in [0.2, 0.25) is 0 Å². The Bertz CT molecular complexity index is 847. The molecule has 4 heteroatoms. The zero-order valence-electron chi connectivity index (χ0n) is 13.1. The molecule has 1 aromatic heterocycles. The van der Waals surface area contributed by atoms with Crippen LogP contribution in [0.15, 0.2) is 59.6 Å². The molecule has 23 heavy (non-hydrogen) atoms. The molecule has 0 amide bonds. The molecular weight excluding hydrogens is 306 g/mol. The third-order valence-electron chi connectivity index (χ3n) is 3.50. The molecule has 0 aliphatic rings. The topological polar surface area (TPSA) is 39.2 Å². The summed E-state index contributed by atoms with van der Waals surface area (Å²) in [6.45, 7) is 1.59. The van der Waals surface area contributed by atoms with Crippen molar-refractivity contribution < 1.29 is 9.53 Å². The first-order chi connectivity index (χ1) is 11.2. The quantitative estimate of drug-likeness (QED) is 0.644. The van der Waals surface area contributed by atoms with Crippen molar-refractivity contribution >= 4 is 28.4 Å². The summed E-state index contributed by atoms with van der Waals surface area (Å²) in [7, 11) is 1.65. The highest BCUT2D eigenvalue weighted by molar-refractivity contribution is 7.99. The Morgan fingerprint density at radius 2 is 1.91 bits per heavy atom. The Morgan fingerprint density at radius 1 is 1.13 bits per heavy atom. The summed E-state index contributed by atoms with van der Waals surface area (Å²) in [5, 5.41) is 1.92. The molecule has 3 nitrogen and oxygen atoms in total. The van der Waals surface area contributed by atoms with E-state index < -0.39 is 0 Å². The van der Waals surface area contributed by atoms with E-state index in [1.165, 1.54) is 11.8 Å². The second-order valence-electron chi connectivity index (χ2n) is 5.25. The molecule has 0 saturated carbocycles. The number of rotatable bonds is 5. The Labute approximate surface area is 139 Å². The lowest BCUT2D eigenvalue weighted by molar-refractivity contribution is -0.114. The smallest absolute Gasteiger partial charge is 0.140 e. The third-order valence-corrected chi connectivity index (χ3v) is 4.56. The molecule has 0 aliphatic carbocycles. The molecule has 2 aromatic carbocycles. The van der Waals surface area contributed by atoms with Crippen molar-refractivity contribution in [3.05, 3.63) is 54.6 Å². The summed E-state index contributed by atoms with van der Waals surface area (Å²) in [6.07, 6.45) is 0. The molecule has 3 rings (SSSR count). The van der Waals surface area contributed by atoms with Gasteiger partial charge in [0, 0.05) is 11.5 Å². The molecule has 0 fully saturated rings. The molecule has 0 atom stereocenters. The summed E-state index contributed by atoms with van der Waals surface area (Å²) >= 11 is 1.46. The van der Waals surface area contributed by atoms with Gasteiger partial charge in [-0.2, -0.15) is 0 Å². The Hall–Kier alpha value is -2.33. The maximum Gasteiger partial charge on any atom is 0.140 e. The molecule has 0 aliphatic heterocycles. The van der Waals surface area contributed by atoms with Gasteiger partial charge in [0.25, 0.3) is 0 Å². The first-order valence-corrected chi connectivity index (χ1v) is 8.32. The van der Waals surface area contributed by atoms with E-state index in [9.17, 15) is 4.79 Å². The lowest BCUT2D eigenvalue weighted by atomic mass is 10.0. The number of carbonyl (C=O) groups excluding carboxylic acids is 1. The van der Waals surface area contributed by atoms with Crippen LogP contribution in [0.5, 0.6) is 5.75 Å². The van der Waals surface area contributed by atoms with Gasteiger partial charge in [0.1, 0.15) is 11.5 Å². The standard InChI is InChI=1S/C19H17NO2S/c1-13(21)12-23-19-11-17(14-6-4-3-5-7-14)16-9-8-15(22-2)10-18(16)20-19/h3-11H,12H2,1-2H3. The number of fused-ring (bicyclic) bond motifs is 1. The second kappa shape index (κ2) is 6.84. The summed E-state index contributed by atoms with van der Waals surface area (Å²) in [6, 6.07) is 18.2. The number of hydrogen-bond donors (Lipinski definition) is 0. The molecule has 0 saturated heterocycles. The van der Waals surface area contributed by atoms with Crippen LogP contribution in [0.3, 0.4) is 0 Å². The molecule has 3 aromatic rings. The molecule has 1 heterocycles. The van der Waals surface area contributed by atoms with Crippen molar-refractivity contribution in [2.75, 3.05) is 12.9 Å². The van der Waals surface area contributed by atoms with Crippen molar-refractivity contribution in [3.8, 4) is 16.9 Å². The van der Waals surface area contributed by atoms with Crippen LogP contribution in [0.1, 0.15) is 6.92 Å². The zero-order chi connectivity index (χ0) is 16.2. The Balaban J connectivity index is 2.17. The first kappa shape index (κ1) is 15.6. The number of Topliss-reactive ketones (excluding diaryl/α,β-unsaturated/α-hetero) is 1. The SMILES string of the molecule is COc1ccc2c(-c3ccccc3)cc(SCC(C)=O)nc2c1. The van der Waals surface area contributed by atoms with Crippen LogP contribution in [0, 0.1) is 0 Å². The summed E-state index contributed by atoms with van der Waals surface area (Å²) in [4.78, 5) is 15.9. The zero-order valence-corrected chi connectivity index (χ0v) is 13.9. The number of methoxy groups -OCH3 is 1. The van der Waals surface area contributed by atoms with E-state index in [1.54, 1.807) is 14.0 Å². The minimum absolute atomic E-state index is 0.142. The van der Waals surface area contributed by atoms with E-state index in [1.807, 2.05) is 36.4 Å². The van der Waals surface area contributed by atoms with E-state index in [-0.39, 0.29) is 5.78 Å². The molecule has 0 radical (unpaired) electrons. The van der Waals surface area contributed by atoms with Gasteiger partial charge in [-0.1, -0.05) is 42.1 Å². The lowest BCUT2D eigenvalue weighted by Crippen LogP contribution is -1.95. The number of hydrogen-bond acceptors (Lipinski definition) is 4. The van der Waals surface area contributed by atoms with Crippen LogP contribution < -0.4 is 4.74 Å². The van der Waals surface area contributed by atoms with Crippen molar-refractivity contribution in [1.82, 2.24) is 4.98 Å². The summed E-state index contributed by atoms with van der Waals surface area (Å²) in [5.41, 5.74) is 3.12. The van der Waals surface area contributed by atoms with Crippen molar-refractivity contribution in [3.63, 3.8) is 0 Å². The highest BCUT2D eigenvalue weighted by Crippen LogP contribution is 2.33. The summed E-state index contributed by atoms with van der Waals surface area (Å²) < 4.78 is 5.31. The summed E-state index contributed by atoms with van der Waals surface area (Å²) in [5.74, 6) is 1.35. The number of carbonyl (C=O) groups is 1. The average molecular weight is 323 g/mol. The maximum absolute atomic E-state index is 11.3. The molecule has 0 spiro atoms. The highest BCUT2D eigenvalue weighted by Gasteiger charge is 2.10. The number of benzene rings is 2. The average Bonchev–Trinajstić information content (AvgIpc) is 2.59. The number of ether oxygens (including phenoxy) is 1. The predicted octanol–water partition coefficient (Wildman–Crippen LogP) is 4.59. The Kier molecular flexibility index (Phi) is 4.63. The number of thioether (sulfide) groups is 1. The fourth-order valence-electron chi connectivity index (χ4n) is 2.42. The molecule has 0 N–H and O–H groups in total. The van der Waals surface area contributed by atoms with Gasteiger partial charge in [0.05, 0.1) is 23.4 Å². The monoisotopic (exact) mass is 323 g/mol. The third kappa shape index (κ3) is 3.54. The number of aromatic nitrogens is 1. The second-order valence-corrected chi connectivity index (χ2v) is 6.24. The number of ketones is 1. The molecular formula is C19H17NO2S. The van der Waals surface area contributed by atoms with Gasteiger partial charge >= 0.3 is 0 Å². The molecule has 116 valence electrons. The van der Waals surface area contributed by atoms with Crippen LogP contribution in [0.25, 0.3) is 22.0 Å². The van der Waals surface area contributed by atoms with Crippen LogP contribution in [0.4, 0.5) is 0 Å². The maximum atomic E-state index is 11.3. The van der Waals surface area contributed by atoms with Gasteiger partial charge in [0.2, 0.25) is 0 Å². The van der Waals surface area contributed by atoms with Crippen LogP contribution >= 0.6 is 11.8 Å². The predicted molar refractivity (Wildman–Crippen MR) is 95.1 cm³/mol. The van der Waals surface area contributed by atoms with Crippen molar-refractivity contribution in [1.29, 1.82) is 0 Å². The number of pyridine rings is 1. The van der Waals surface area contributed by atoms with Gasteiger partial charge in [-0.15, -0.1) is 0 Å². The fourth-order valence-corrected chi connectivity index (χ4v) is 3.13. The van der Waals surface area contributed by atoms with Crippen LogP contribution in [-0.4, -0.2) is 23.6 Å². The van der Waals surface area contributed by atoms with Gasteiger partial charge < -0.3 is 4.74 Å². The van der Waals surface area contributed by atoms with E-state index in [0.29, 0.717) is 5.75 Å².